The third kappa shape index (κ3) is 3.83. The van der Waals surface area contributed by atoms with Gasteiger partial charge in [-0.2, -0.15) is 4.31 Å². The molecule has 0 aliphatic carbocycles. The zero-order valence-electron chi connectivity index (χ0n) is 12.5. The van der Waals surface area contributed by atoms with Crippen LogP contribution >= 0.6 is 12.4 Å². The summed E-state index contributed by atoms with van der Waals surface area (Å²) in [7, 11) is -3.91. The summed E-state index contributed by atoms with van der Waals surface area (Å²) in [5, 5.41) is 3.29. The second-order valence-electron chi connectivity index (χ2n) is 5.66. The van der Waals surface area contributed by atoms with Crippen LogP contribution in [-0.4, -0.2) is 62.9 Å². The average Bonchev–Trinajstić information content (AvgIpc) is 3.01. The molecule has 2 aliphatic rings. The number of hydrogen-bond acceptors (Lipinski definition) is 4. The fourth-order valence-corrected chi connectivity index (χ4v) is 4.55. The number of halogens is 3. The standard InChI is InChI=1S/C14H19F2N3O2S.ClH/c15-11-1-2-14(13(16)9-11)22(20,21)19-7-5-18(6-8-19)12-3-4-17-10-12;/h1-2,9,12,17H,3-8,10H2;1H. The minimum absolute atomic E-state index is 0. The second kappa shape index (κ2) is 7.40. The fraction of sp³-hybridized carbons (Fsp3) is 0.571. The van der Waals surface area contributed by atoms with Gasteiger partial charge in [0.15, 0.2) is 0 Å². The van der Waals surface area contributed by atoms with Crippen molar-refractivity contribution in [3.63, 3.8) is 0 Å². The summed E-state index contributed by atoms with van der Waals surface area (Å²) in [6, 6.07) is 3.02. The maximum atomic E-state index is 13.8. The van der Waals surface area contributed by atoms with Crippen molar-refractivity contribution < 1.29 is 17.2 Å². The Morgan fingerprint density at radius 1 is 1.13 bits per heavy atom. The van der Waals surface area contributed by atoms with E-state index in [0.29, 0.717) is 38.3 Å². The van der Waals surface area contributed by atoms with Crippen molar-refractivity contribution in [2.24, 2.45) is 0 Å². The molecule has 3 rings (SSSR count). The van der Waals surface area contributed by atoms with Gasteiger partial charge >= 0.3 is 0 Å². The van der Waals surface area contributed by atoms with E-state index in [1.165, 1.54) is 4.31 Å². The Hall–Kier alpha value is -0.800. The van der Waals surface area contributed by atoms with Gasteiger partial charge in [0.2, 0.25) is 10.0 Å². The van der Waals surface area contributed by atoms with Crippen LogP contribution in [0, 0.1) is 11.6 Å². The zero-order chi connectivity index (χ0) is 15.7. The summed E-state index contributed by atoms with van der Waals surface area (Å²) < 4.78 is 52.9. The van der Waals surface area contributed by atoms with Crippen LogP contribution in [0.15, 0.2) is 23.1 Å². The SMILES string of the molecule is Cl.O=S(=O)(c1ccc(F)cc1F)N1CCN(C2CCNC2)CC1. The maximum Gasteiger partial charge on any atom is 0.246 e. The molecule has 23 heavy (non-hydrogen) atoms. The highest BCUT2D eigenvalue weighted by molar-refractivity contribution is 7.89. The molecule has 0 bridgehead atoms. The summed E-state index contributed by atoms with van der Waals surface area (Å²) in [6.45, 7) is 3.84. The molecule has 2 saturated heterocycles. The molecular formula is C14H20ClF2N3O2S. The molecule has 2 fully saturated rings. The molecule has 2 aliphatic heterocycles. The summed E-state index contributed by atoms with van der Waals surface area (Å²) in [5.74, 6) is -1.82. The molecular weight excluding hydrogens is 348 g/mol. The summed E-state index contributed by atoms with van der Waals surface area (Å²) in [4.78, 5) is 1.82. The molecule has 1 unspecified atom stereocenters. The first-order chi connectivity index (χ1) is 10.5. The minimum atomic E-state index is -3.91. The van der Waals surface area contributed by atoms with Crippen LogP contribution < -0.4 is 5.32 Å². The van der Waals surface area contributed by atoms with Gasteiger partial charge in [0, 0.05) is 44.8 Å². The summed E-state index contributed by atoms with van der Waals surface area (Å²) in [5.41, 5.74) is 0. The van der Waals surface area contributed by atoms with E-state index < -0.39 is 26.6 Å². The number of rotatable bonds is 3. The molecule has 0 spiro atoms. The van der Waals surface area contributed by atoms with Gasteiger partial charge in [-0.25, -0.2) is 17.2 Å². The molecule has 1 aromatic carbocycles. The Labute approximate surface area is 141 Å². The Morgan fingerprint density at radius 2 is 1.83 bits per heavy atom. The predicted octanol–water partition coefficient (Wildman–Crippen LogP) is 1.05. The van der Waals surface area contributed by atoms with Crippen molar-refractivity contribution in [1.29, 1.82) is 0 Å². The molecule has 0 aromatic heterocycles. The molecule has 1 aromatic rings. The van der Waals surface area contributed by atoms with E-state index in [2.05, 4.69) is 10.2 Å². The number of hydrogen-bond donors (Lipinski definition) is 1. The van der Waals surface area contributed by atoms with Crippen molar-refractivity contribution in [2.45, 2.75) is 17.4 Å². The molecule has 1 atom stereocenters. The monoisotopic (exact) mass is 367 g/mol. The van der Waals surface area contributed by atoms with Crippen LogP contribution in [0.5, 0.6) is 0 Å². The summed E-state index contributed by atoms with van der Waals surface area (Å²) in [6.07, 6.45) is 1.07. The van der Waals surface area contributed by atoms with Gasteiger partial charge in [-0.3, -0.25) is 4.90 Å². The number of nitrogens with one attached hydrogen (secondary N) is 1. The van der Waals surface area contributed by atoms with Gasteiger partial charge < -0.3 is 5.32 Å². The third-order valence-corrected chi connectivity index (χ3v) is 6.27. The first kappa shape index (κ1) is 18.5. The molecule has 2 heterocycles. The second-order valence-corrected chi connectivity index (χ2v) is 7.57. The van der Waals surface area contributed by atoms with Crippen LogP contribution in [-0.2, 0) is 10.0 Å². The highest BCUT2D eigenvalue weighted by atomic mass is 35.5. The first-order valence-corrected chi connectivity index (χ1v) is 8.82. The lowest BCUT2D eigenvalue weighted by molar-refractivity contribution is 0.145. The van der Waals surface area contributed by atoms with E-state index >= 15 is 0 Å². The van der Waals surface area contributed by atoms with Gasteiger partial charge in [0.25, 0.3) is 0 Å². The van der Waals surface area contributed by atoms with E-state index in [9.17, 15) is 17.2 Å². The van der Waals surface area contributed by atoms with E-state index in [-0.39, 0.29) is 12.4 Å². The molecule has 5 nitrogen and oxygen atoms in total. The molecule has 0 radical (unpaired) electrons. The Morgan fingerprint density at radius 3 is 2.39 bits per heavy atom. The van der Waals surface area contributed by atoms with Crippen molar-refractivity contribution in [2.75, 3.05) is 39.3 Å². The number of nitrogens with zero attached hydrogens (tertiary/aromatic N) is 2. The van der Waals surface area contributed by atoms with Crippen molar-refractivity contribution >= 4 is 22.4 Å². The Bertz CT molecular complexity index is 645. The van der Waals surface area contributed by atoms with Crippen molar-refractivity contribution in [3.8, 4) is 0 Å². The molecule has 0 saturated carbocycles. The first-order valence-electron chi connectivity index (χ1n) is 7.38. The Balaban J connectivity index is 0.00000192. The zero-order valence-corrected chi connectivity index (χ0v) is 14.2. The normalized spacial score (nSPS) is 23.7. The maximum absolute atomic E-state index is 13.8. The van der Waals surface area contributed by atoms with Gasteiger partial charge in [0.1, 0.15) is 16.5 Å². The van der Waals surface area contributed by atoms with Crippen LogP contribution in [0.4, 0.5) is 8.78 Å². The van der Waals surface area contributed by atoms with E-state index in [1.807, 2.05) is 0 Å². The number of piperazine rings is 1. The molecule has 1 N–H and O–H groups in total. The third-order valence-electron chi connectivity index (χ3n) is 4.34. The number of sulfonamides is 1. The molecule has 9 heteroatoms. The van der Waals surface area contributed by atoms with E-state index in [1.54, 1.807) is 0 Å². The van der Waals surface area contributed by atoms with Gasteiger partial charge in [-0.1, -0.05) is 0 Å². The molecule has 0 amide bonds. The smallest absolute Gasteiger partial charge is 0.246 e. The van der Waals surface area contributed by atoms with Crippen LogP contribution in [0.3, 0.4) is 0 Å². The highest BCUT2D eigenvalue weighted by Crippen LogP contribution is 2.22. The van der Waals surface area contributed by atoms with E-state index in [0.717, 1.165) is 31.6 Å². The lowest BCUT2D eigenvalue weighted by Crippen LogP contribution is -2.52. The quantitative estimate of drug-likeness (QED) is 0.868. The van der Waals surface area contributed by atoms with E-state index in [4.69, 9.17) is 0 Å². The lowest BCUT2D eigenvalue weighted by atomic mass is 10.2. The van der Waals surface area contributed by atoms with Crippen molar-refractivity contribution in [3.05, 3.63) is 29.8 Å². The minimum Gasteiger partial charge on any atom is -0.315 e. The van der Waals surface area contributed by atoms with Gasteiger partial charge in [-0.05, 0) is 25.1 Å². The molecule has 130 valence electrons. The Kier molecular flexibility index (Phi) is 5.96. The average molecular weight is 368 g/mol. The summed E-state index contributed by atoms with van der Waals surface area (Å²) >= 11 is 0. The van der Waals surface area contributed by atoms with Crippen LogP contribution in [0.25, 0.3) is 0 Å². The van der Waals surface area contributed by atoms with Crippen LogP contribution in [0.1, 0.15) is 6.42 Å². The lowest BCUT2D eigenvalue weighted by Gasteiger charge is -2.37. The highest BCUT2D eigenvalue weighted by Gasteiger charge is 2.33. The predicted molar refractivity (Wildman–Crippen MR) is 85.2 cm³/mol. The largest absolute Gasteiger partial charge is 0.315 e. The van der Waals surface area contributed by atoms with Gasteiger partial charge in [-0.15, -0.1) is 12.4 Å². The van der Waals surface area contributed by atoms with Gasteiger partial charge in [0.05, 0.1) is 0 Å². The van der Waals surface area contributed by atoms with Crippen molar-refractivity contribution in [1.82, 2.24) is 14.5 Å². The fourth-order valence-electron chi connectivity index (χ4n) is 3.08. The number of benzene rings is 1. The van der Waals surface area contributed by atoms with Crippen LogP contribution in [0.2, 0.25) is 0 Å². The topological polar surface area (TPSA) is 52.7 Å².